The van der Waals surface area contributed by atoms with Crippen LogP contribution in [-0.2, 0) is 4.79 Å². The normalized spacial score (nSPS) is 10.4. The van der Waals surface area contributed by atoms with Crippen LogP contribution in [-0.4, -0.2) is 48.7 Å². The predicted molar refractivity (Wildman–Crippen MR) is 47.9 cm³/mol. The van der Waals surface area contributed by atoms with E-state index in [4.69, 9.17) is 5.11 Å². The van der Waals surface area contributed by atoms with E-state index in [1.165, 1.54) is 4.90 Å². The summed E-state index contributed by atoms with van der Waals surface area (Å²) >= 11 is 0. The van der Waals surface area contributed by atoms with E-state index in [-0.39, 0.29) is 12.5 Å². The van der Waals surface area contributed by atoms with Crippen molar-refractivity contribution in [3.05, 3.63) is 0 Å². The minimum atomic E-state index is 0.0118. The fourth-order valence-electron chi connectivity index (χ4n) is 0.701. The molecule has 0 aromatic rings. The van der Waals surface area contributed by atoms with Crippen molar-refractivity contribution in [3.63, 3.8) is 0 Å². The number of aliphatic hydroxyl groups is 1. The summed E-state index contributed by atoms with van der Waals surface area (Å²) in [6, 6.07) is 0.316. The fourth-order valence-corrected chi connectivity index (χ4v) is 0.701. The van der Waals surface area contributed by atoms with Gasteiger partial charge in [-0.1, -0.05) is 13.8 Å². The van der Waals surface area contributed by atoms with Crippen molar-refractivity contribution in [2.45, 2.75) is 19.9 Å². The Morgan fingerprint density at radius 3 is 2.58 bits per heavy atom. The van der Waals surface area contributed by atoms with Crippen molar-refractivity contribution in [1.82, 2.24) is 10.2 Å². The molecule has 4 nitrogen and oxygen atoms in total. The average Bonchev–Trinajstić information content (AvgIpc) is 2.00. The maximum atomic E-state index is 11.2. The van der Waals surface area contributed by atoms with E-state index in [1.54, 1.807) is 7.05 Å². The van der Waals surface area contributed by atoms with Crippen LogP contribution in [0.15, 0.2) is 0 Å². The SMILES string of the molecule is CC(C)NCC(=O)N(C)CCO. The third-order valence-electron chi connectivity index (χ3n) is 1.52. The molecule has 0 fully saturated rings. The molecule has 0 atom stereocenters. The van der Waals surface area contributed by atoms with Gasteiger partial charge in [0.05, 0.1) is 13.2 Å². The summed E-state index contributed by atoms with van der Waals surface area (Å²) in [6.07, 6.45) is 0. The van der Waals surface area contributed by atoms with Crippen LogP contribution < -0.4 is 5.32 Å². The quantitative estimate of drug-likeness (QED) is 0.587. The summed E-state index contributed by atoms with van der Waals surface area (Å²) in [5.41, 5.74) is 0. The van der Waals surface area contributed by atoms with Crippen LogP contribution in [0.25, 0.3) is 0 Å². The summed E-state index contributed by atoms with van der Waals surface area (Å²) in [5.74, 6) is 0.0118. The van der Waals surface area contributed by atoms with E-state index >= 15 is 0 Å². The molecule has 0 spiro atoms. The minimum Gasteiger partial charge on any atom is -0.395 e. The molecule has 0 aliphatic rings. The summed E-state index contributed by atoms with van der Waals surface area (Å²) in [7, 11) is 1.68. The van der Waals surface area contributed by atoms with Gasteiger partial charge in [-0.25, -0.2) is 0 Å². The van der Waals surface area contributed by atoms with Crippen LogP contribution in [0.3, 0.4) is 0 Å². The Morgan fingerprint density at radius 1 is 1.58 bits per heavy atom. The van der Waals surface area contributed by atoms with Crippen molar-refractivity contribution in [3.8, 4) is 0 Å². The van der Waals surface area contributed by atoms with Crippen LogP contribution >= 0.6 is 0 Å². The van der Waals surface area contributed by atoms with Crippen molar-refractivity contribution in [2.75, 3.05) is 26.7 Å². The van der Waals surface area contributed by atoms with Crippen LogP contribution in [0, 0.1) is 0 Å². The first-order valence-electron chi connectivity index (χ1n) is 4.16. The van der Waals surface area contributed by atoms with Gasteiger partial charge in [0.25, 0.3) is 0 Å². The van der Waals surface area contributed by atoms with E-state index in [0.717, 1.165) is 0 Å². The lowest BCUT2D eigenvalue weighted by Crippen LogP contribution is -2.39. The van der Waals surface area contributed by atoms with Gasteiger partial charge in [0.1, 0.15) is 0 Å². The predicted octanol–water partition coefficient (Wildman–Crippen LogP) is -0.565. The summed E-state index contributed by atoms with van der Waals surface area (Å²) in [5, 5.41) is 11.6. The lowest BCUT2D eigenvalue weighted by Gasteiger charge is -2.16. The molecule has 12 heavy (non-hydrogen) atoms. The molecule has 0 aromatic heterocycles. The van der Waals surface area contributed by atoms with E-state index < -0.39 is 0 Å². The Kier molecular flexibility index (Phi) is 5.66. The van der Waals surface area contributed by atoms with Gasteiger partial charge >= 0.3 is 0 Å². The van der Waals surface area contributed by atoms with Crippen LogP contribution in [0.1, 0.15) is 13.8 Å². The number of rotatable bonds is 5. The zero-order valence-corrected chi connectivity index (χ0v) is 8.00. The topological polar surface area (TPSA) is 52.6 Å². The van der Waals surface area contributed by atoms with Crippen molar-refractivity contribution < 1.29 is 9.90 Å². The van der Waals surface area contributed by atoms with E-state index in [2.05, 4.69) is 5.32 Å². The zero-order valence-electron chi connectivity index (χ0n) is 8.00. The molecule has 0 aliphatic heterocycles. The number of carbonyl (C=O) groups is 1. The highest BCUT2D eigenvalue weighted by atomic mass is 16.3. The van der Waals surface area contributed by atoms with Gasteiger partial charge in [0.15, 0.2) is 0 Å². The largest absolute Gasteiger partial charge is 0.395 e. The lowest BCUT2D eigenvalue weighted by atomic mass is 10.4. The fraction of sp³-hybridized carbons (Fsp3) is 0.875. The molecule has 72 valence electrons. The molecule has 2 N–H and O–H groups in total. The minimum absolute atomic E-state index is 0.0118. The molecular formula is C8H18N2O2. The lowest BCUT2D eigenvalue weighted by molar-refractivity contribution is -0.129. The number of carbonyl (C=O) groups excluding carboxylic acids is 1. The van der Waals surface area contributed by atoms with Gasteiger partial charge in [0.2, 0.25) is 5.91 Å². The molecule has 0 radical (unpaired) electrons. The Balaban J connectivity index is 3.57. The highest BCUT2D eigenvalue weighted by molar-refractivity contribution is 5.77. The van der Waals surface area contributed by atoms with Gasteiger partial charge < -0.3 is 15.3 Å². The standard InChI is InChI=1S/C8H18N2O2/c1-7(2)9-6-8(12)10(3)4-5-11/h7,9,11H,4-6H2,1-3H3. The molecule has 0 saturated carbocycles. The molecule has 0 rings (SSSR count). The van der Waals surface area contributed by atoms with Crippen LogP contribution in [0.2, 0.25) is 0 Å². The first-order valence-corrected chi connectivity index (χ1v) is 4.16. The maximum absolute atomic E-state index is 11.2. The number of nitrogens with one attached hydrogen (secondary N) is 1. The van der Waals surface area contributed by atoms with E-state index in [0.29, 0.717) is 19.1 Å². The van der Waals surface area contributed by atoms with Crippen molar-refractivity contribution in [1.29, 1.82) is 0 Å². The number of aliphatic hydroxyl groups excluding tert-OH is 1. The molecule has 0 aliphatic carbocycles. The molecule has 0 bridgehead atoms. The molecule has 1 amide bonds. The summed E-state index contributed by atoms with van der Waals surface area (Å²) in [4.78, 5) is 12.7. The molecule has 0 heterocycles. The van der Waals surface area contributed by atoms with Gasteiger partial charge in [-0.15, -0.1) is 0 Å². The second kappa shape index (κ2) is 5.97. The second-order valence-corrected chi connectivity index (χ2v) is 3.07. The van der Waals surface area contributed by atoms with Gasteiger partial charge in [-0.3, -0.25) is 4.79 Å². The Bertz CT molecular complexity index is 137. The second-order valence-electron chi connectivity index (χ2n) is 3.07. The molecule has 4 heteroatoms. The third-order valence-corrected chi connectivity index (χ3v) is 1.52. The average molecular weight is 174 g/mol. The Hall–Kier alpha value is -0.610. The summed E-state index contributed by atoms with van der Waals surface area (Å²) in [6.45, 7) is 4.73. The smallest absolute Gasteiger partial charge is 0.236 e. The van der Waals surface area contributed by atoms with Crippen molar-refractivity contribution >= 4 is 5.91 Å². The number of likely N-dealkylation sites (N-methyl/N-ethyl adjacent to an activating group) is 1. The molecule has 0 aromatic carbocycles. The van der Waals surface area contributed by atoms with E-state index in [1.807, 2.05) is 13.8 Å². The first-order chi connectivity index (χ1) is 5.57. The third kappa shape index (κ3) is 5.09. The Labute approximate surface area is 73.6 Å². The molecule has 0 unspecified atom stereocenters. The number of nitrogens with zero attached hydrogens (tertiary/aromatic N) is 1. The van der Waals surface area contributed by atoms with Gasteiger partial charge in [-0.05, 0) is 0 Å². The monoisotopic (exact) mass is 174 g/mol. The van der Waals surface area contributed by atoms with E-state index in [9.17, 15) is 4.79 Å². The zero-order chi connectivity index (χ0) is 9.56. The maximum Gasteiger partial charge on any atom is 0.236 e. The highest BCUT2D eigenvalue weighted by Crippen LogP contribution is 1.83. The van der Waals surface area contributed by atoms with Gasteiger partial charge in [-0.2, -0.15) is 0 Å². The van der Waals surface area contributed by atoms with Crippen molar-refractivity contribution in [2.24, 2.45) is 0 Å². The number of hydrogen-bond acceptors (Lipinski definition) is 3. The Morgan fingerprint density at radius 2 is 2.17 bits per heavy atom. The number of amides is 1. The molecular weight excluding hydrogens is 156 g/mol. The van der Waals surface area contributed by atoms with Crippen LogP contribution in [0.5, 0.6) is 0 Å². The van der Waals surface area contributed by atoms with Crippen LogP contribution in [0.4, 0.5) is 0 Å². The highest BCUT2D eigenvalue weighted by Gasteiger charge is 2.07. The van der Waals surface area contributed by atoms with Gasteiger partial charge in [0, 0.05) is 19.6 Å². The molecule has 0 saturated heterocycles. The summed E-state index contributed by atoms with van der Waals surface area (Å²) < 4.78 is 0. The number of hydrogen-bond donors (Lipinski definition) is 2. The first kappa shape index (κ1) is 11.4.